The number of rotatable bonds is 4. The van der Waals surface area contributed by atoms with Gasteiger partial charge in [-0.2, -0.15) is 0 Å². The van der Waals surface area contributed by atoms with Crippen molar-refractivity contribution in [3.8, 4) is 11.5 Å². The highest BCUT2D eigenvalue weighted by atomic mass is 35.5. The van der Waals surface area contributed by atoms with Crippen molar-refractivity contribution in [3.05, 3.63) is 26.2 Å². The average molecular weight is 322 g/mol. The SMILES string of the molecule is COCc1nc(-c2cc(Cl)sc2Cl)oc1C(=O)OC. The molecular formula is C11H9Cl2NO4S. The largest absolute Gasteiger partial charge is 0.463 e. The molecule has 0 amide bonds. The van der Waals surface area contributed by atoms with E-state index < -0.39 is 5.97 Å². The van der Waals surface area contributed by atoms with Crippen LogP contribution in [0.5, 0.6) is 0 Å². The fourth-order valence-electron chi connectivity index (χ4n) is 1.44. The van der Waals surface area contributed by atoms with Crippen molar-refractivity contribution >= 4 is 40.5 Å². The predicted molar refractivity (Wildman–Crippen MR) is 71.9 cm³/mol. The molecule has 0 aliphatic heterocycles. The molecule has 0 saturated carbocycles. The zero-order valence-electron chi connectivity index (χ0n) is 10.0. The van der Waals surface area contributed by atoms with Crippen LogP contribution in [0.3, 0.4) is 0 Å². The lowest BCUT2D eigenvalue weighted by atomic mass is 10.3. The molecule has 0 atom stereocenters. The molecule has 8 heteroatoms. The maximum absolute atomic E-state index is 11.6. The van der Waals surface area contributed by atoms with Crippen molar-refractivity contribution < 1.29 is 18.7 Å². The summed E-state index contributed by atoms with van der Waals surface area (Å²) in [6.07, 6.45) is 0. The van der Waals surface area contributed by atoms with Crippen LogP contribution in [0.1, 0.15) is 16.2 Å². The maximum atomic E-state index is 11.6. The number of nitrogens with zero attached hydrogens (tertiary/aromatic N) is 1. The first-order valence-electron chi connectivity index (χ1n) is 5.09. The summed E-state index contributed by atoms with van der Waals surface area (Å²) in [5, 5.41) is 0. The van der Waals surface area contributed by atoms with Gasteiger partial charge >= 0.3 is 5.97 Å². The van der Waals surface area contributed by atoms with E-state index in [2.05, 4.69) is 9.72 Å². The van der Waals surface area contributed by atoms with Gasteiger partial charge in [-0.05, 0) is 6.07 Å². The van der Waals surface area contributed by atoms with E-state index >= 15 is 0 Å². The standard InChI is InChI=1S/C11H9Cl2NO4S/c1-16-4-6-8(11(15)17-2)18-10(14-6)5-3-7(12)19-9(5)13/h3H,4H2,1-2H3. The van der Waals surface area contributed by atoms with Crippen molar-refractivity contribution in [2.75, 3.05) is 14.2 Å². The number of carbonyl (C=O) groups excluding carboxylic acids is 1. The number of carbonyl (C=O) groups is 1. The van der Waals surface area contributed by atoms with Gasteiger partial charge in [0.15, 0.2) is 0 Å². The molecule has 0 saturated heterocycles. The highest BCUT2D eigenvalue weighted by Gasteiger charge is 2.23. The lowest BCUT2D eigenvalue weighted by Gasteiger charge is -1.96. The number of esters is 1. The van der Waals surface area contributed by atoms with Crippen LogP contribution in [0, 0.1) is 0 Å². The summed E-state index contributed by atoms with van der Waals surface area (Å²) in [4.78, 5) is 15.8. The molecule has 0 N–H and O–H groups in total. The molecular weight excluding hydrogens is 313 g/mol. The Balaban J connectivity index is 2.48. The summed E-state index contributed by atoms with van der Waals surface area (Å²) in [7, 11) is 2.75. The van der Waals surface area contributed by atoms with Gasteiger partial charge in [0.25, 0.3) is 0 Å². The molecule has 0 fully saturated rings. The van der Waals surface area contributed by atoms with E-state index in [4.69, 9.17) is 32.4 Å². The van der Waals surface area contributed by atoms with E-state index in [0.717, 1.165) is 0 Å². The van der Waals surface area contributed by atoms with Gasteiger partial charge in [0.2, 0.25) is 11.7 Å². The number of halogens is 2. The van der Waals surface area contributed by atoms with Gasteiger partial charge in [0, 0.05) is 7.11 Å². The van der Waals surface area contributed by atoms with E-state index in [9.17, 15) is 4.79 Å². The lowest BCUT2D eigenvalue weighted by molar-refractivity contribution is 0.0559. The zero-order valence-corrected chi connectivity index (χ0v) is 12.4. The van der Waals surface area contributed by atoms with Crippen LogP contribution in [-0.2, 0) is 16.1 Å². The van der Waals surface area contributed by atoms with Crippen molar-refractivity contribution in [2.45, 2.75) is 6.61 Å². The van der Waals surface area contributed by atoms with Gasteiger partial charge in [-0.15, -0.1) is 11.3 Å². The average Bonchev–Trinajstić information content (AvgIpc) is 2.92. The van der Waals surface area contributed by atoms with E-state index in [1.54, 1.807) is 6.07 Å². The van der Waals surface area contributed by atoms with Crippen LogP contribution >= 0.6 is 34.5 Å². The maximum Gasteiger partial charge on any atom is 0.376 e. The Morgan fingerprint density at radius 1 is 1.47 bits per heavy atom. The Morgan fingerprint density at radius 3 is 2.74 bits per heavy atom. The second-order valence-electron chi connectivity index (χ2n) is 3.46. The summed E-state index contributed by atoms with van der Waals surface area (Å²) in [6, 6.07) is 1.62. The first-order valence-corrected chi connectivity index (χ1v) is 6.66. The third kappa shape index (κ3) is 2.92. The van der Waals surface area contributed by atoms with Crippen LogP contribution in [-0.4, -0.2) is 25.2 Å². The van der Waals surface area contributed by atoms with Crippen molar-refractivity contribution in [1.29, 1.82) is 0 Å². The van der Waals surface area contributed by atoms with Crippen molar-refractivity contribution in [2.24, 2.45) is 0 Å². The van der Waals surface area contributed by atoms with Crippen LogP contribution in [0.25, 0.3) is 11.5 Å². The van der Waals surface area contributed by atoms with Gasteiger partial charge in [0.05, 0.1) is 23.6 Å². The summed E-state index contributed by atoms with van der Waals surface area (Å²) >= 11 is 13.1. The van der Waals surface area contributed by atoms with Gasteiger partial charge in [-0.25, -0.2) is 9.78 Å². The van der Waals surface area contributed by atoms with Gasteiger partial charge in [0.1, 0.15) is 10.0 Å². The molecule has 0 aliphatic carbocycles. The van der Waals surface area contributed by atoms with Gasteiger partial charge in [-0.3, -0.25) is 0 Å². The predicted octanol–water partition coefficient (Wildman–Crippen LogP) is 3.64. The quantitative estimate of drug-likeness (QED) is 0.804. The molecule has 2 rings (SSSR count). The Hall–Kier alpha value is -1.08. The smallest absolute Gasteiger partial charge is 0.376 e. The number of methoxy groups -OCH3 is 2. The Labute approximate surface area is 123 Å². The number of thiophene rings is 1. The van der Waals surface area contributed by atoms with Gasteiger partial charge < -0.3 is 13.9 Å². The number of hydrogen-bond acceptors (Lipinski definition) is 6. The third-order valence-corrected chi connectivity index (χ3v) is 3.72. The number of oxazole rings is 1. The molecule has 2 aromatic rings. The fraction of sp³-hybridized carbons (Fsp3) is 0.273. The molecule has 0 radical (unpaired) electrons. The highest BCUT2D eigenvalue weighted by molar-refractivity contribution is 7.20. The highest BCUT2D eigenvalue weighted by Crippen LogP contribution is 2.38. The van der Waals surface area contributed by atoms with E-state index in [0.29, 0.717) is 19.9 Å². The van der Waals surface area contributed by atoms with Crippen LogP contribution in [0.15, 0.2) is 10.5 Å². The minimum Gasteiger partial charge on any atom is -0.463 e. The molecule has 0 bridgehead atoms. The molecule has 5 nitrogen and oxygen atoms in total. The second kappa shape index (κ2) is 5.92. The molecule has 0 unspecified atom stereocenters. The molecule has 2 aromatic heterocycles. The van der Waals surface area contributed by atoms with Crippen LogP contribution in [0.2, 0.25) is 8.67 Å². The topological polar surface area (TPSA) is 61.6 Å². The lowest BCUT2D eigenvalue weighted by Crippen LogP contribution is -2.04. The molecule has 0 aromatic carbocycles. The fourth-order valence-corrected chi connectivity index (χ4v) is 2.89. The van der Waals surface area contributed by atoms with E-state index in [1.165, 1.54) is 25.6 Å². The Morgan fingerprint density at radius 2 is 2.21 bits per heavy atom. The monoisotopic (exact) mass is 321 g/mol. The van der Waals surface area contributed by atoms with Crippen LogP contribution < -0.4 is 0 Å². The van der Waals surface area contributed by atoms with Gasteiger partial charge in [-0.1, -0.05) is 23.2 Å². The minimum atomic E-state index is -0.622. The third-order valence-electron chi connectivity index (χ3n) is 2.24. The second-order valence-corrected chi connectivity index (χ2v) is 5.74. The Kier molecular flexibility index (Phi) is 4.46. The van der Waals surface area contributed by atoms with Crippen LogP contribution in [0.4, 0.5) is 0 Å². The summed E-state index contributed by atoms with van der Waals surface area (Å²) in [5.74, 6) is -0.415. The van der Waals surface area contributed by atoms with E-state index in [1.807, 2.05) is 0 Å². The first-order chi connectivity index (χ1) is 9.06. The number of hydrogen-bond donors (Lipinski definition) is 0. The summed E-state index contributed by atoms with van der Waals surface area (Å²) in [6.45, 7) is 0.128. The van der Waals surface area contributed by atoms with Crippen molar-refractivity contribution in [3.63, 3.8) is 0 Å². The minimum absolute atomic E-state index is 0.00209. The molecule has 19 heavy (non-hydrogen) atoms. The summed E-state index contributed by atoms with van der Waals surface area (Å²) in [5.41, 5.74) is 0.881. The zero-order chi connectivity index (χ0) is 14.0. The first kappa shape index (κ1) is 14.3. The number of ether oxygens (including phenoxy) is 2. The van der Waals surface area contributed by atoms with Crippen molar-refractivity contribution in [1.82, 2.24) is 4.98 Å². The molecule has 102 valence electrons. The number of aromatic nitrogens is 1. The normalized spacial score (nSPS) is 10.7. The molecule has 0 spiro atoms. The summed E-state index contributed by atoms with van der Waals surface area (Å²) < 4.78 is 15.9. The Bertz CT molecular complexity index is 608. The molecule has 2 heterocycles. The molecule has 0 aliphatic rings. The van der Waals surface area contributed by atoms with E-state index in [-0.39, 0.29) is 18.3 Å².